The molecule has 148 valence electrons. The van der Waals surface area contributed by atoms with Gasteiger partial charge < -0.3 is 20.5 Å². The first-order valence-electron chi connectivity index (χ1n) is 9.23. The molecular formula is C21H19FN4O3. The van der Waals surface area contributed by atoms with E-state index < -0.39 is 17.9 Å². The van der Waals surface area contributed by atoms with Crippen molar-refractivity contribution in [3.63, 3.8) is 0 Å². The van der Waals surface area contributed by atoms with E-state index in [2.05, 4.69) is 16.0 Å². The number of anilines is 1. The molecule has 0 unspecified atom stereocenters. The van der Waals surface area contributed by atoms with E-state index in [-0.39, 0.29) is 18.1 Å². The molecule has 0 aliphatic carbocycles. The van der Waals surface area contributed by atoms with Gasteiger partial charge >= 0.3 is 0 Å². The third-order valence-corrected chi connectivity index (χ3v) is 4.85. The number of nitrogens with one attached hydrogen (secondary N) is 3. The predicted molar refractivity (Wildman–Crippen MR) is 106 cm³/mol. The van der Waals surface area contributed by atoms with Crippen molar-refractivity contribution in [3.8, 4) is 0 Å². The van der Waals surface area contributed by atoms with E-state index in [1.54, 1.807) is 30.3 Å². The molecule has 1 aliphatic rings. The SMILES string of the molecule is O=C(C[C@H]1NC(=O)c2ccccc2NC1=O)NCCn1ccc2ccc(F)cc21. The summed E-state index contributed by atoms with van der Waals surface area (Å²) in [6, 6.07) is 12.1. The fourth-order valence-electron chi connectivity index (χ4n) is 3.38. The minimum Gasteiger partial charge on any atom is -0.354 e. The van der Waals surface area contributed by atoms with Crippen LogP contribution in [0.15, 0.2) is 54.7 Å². The maximum Gasteiger partial charge on any atom is 0.254 e. The van der Waals surface area contributed by atoms with Crippen LogP contribution in [0.5, 0.6) is 0 Å². The van der Waals surface area contributed by atoms with Gasteiger partial charge in [-0.05, 0) is 41.8 Å². The van der Waals surface area contributed by atoms with Gasteiger partial charge in [-0.25, -0.2) is 4.39 Å². The second-order valence-electron chi connectivity index (χ2n) is 6.83. The highest BCUT2D eigenvalue weighted by Crippen LogP contribution is 2.19. The molecule has 8 heteroatoms. The number of hydrogen-bond acceptors (Lipinski definition) is 3. The molecule has 3 N–H and O–H groups in total. The van der Waals surface area contributed by atoms with Crippen LogP contribution in [0.1, 0.15) is 16.8 Å². The molecule has 0 spiro atoms. The number of benzene rings is 2. The van der Waals surface area contributed by atoms with Crippen LogP contribution in [0.4, 0.5) is 10.1 Å². The Kier molecular flexibility index (Phi) is 4.99. The predicted octanol–water partition coefficient (Wildman–Crippen LogP) is 2.04. The van der Waals surface area contributed by atoms with Gasteiger partial charge in [-0.3, -0.25) is 14.4 Å². The Bertz CT molecular complexity index is 1110. The van der Waals surface area contributed by atoms with Gasteiger partial charge in [-0.15, -0.1) is 0 Å². The lowest BCUT2D eigenvalue weighted by atomic mass is 10.1. The molecule has 4 rings (SSSR count). The summed E-state index contributed by atoms with van der Waals surface area (Å²) in [6.45, 7) is 0.759. The maximum atomic E-state index is 13.4. The molecule has 1 atom stereocenters. The summed E-state index contributed by atoms with van der Waals surface area (Å²) in [6.07, 6.45) is 1.65. The number of nitrogens with zero attached hydrogens (tertiary/aromatic N) is 1. The average Bonchev–Trinajstić information content (AvgIpc) is 3.04. The normalized spacial score (nSPS) is 16.0. The van der Waals surface area contributed by atoms with E-state index in [0.717, 1.165) is 10.9 Å². The number of hydrogen-bond donors (Lipinski definition) is 3. The molecule has 0 saturated heterocycles. The van der Waals surface area contributed by atoms with Gasteiger partial charge in [0, 0.05) is 19.3 Å². The molecule has 0 radical (unpaired) electrons. The molecule has 3 amide bonds. The van der Waals surface area contributed by atoms with Crippen LogP contribution in [-0.2, 0) is 16.1 Å². The van der Waals surface area contributed by atoms with Gasteiger partial charge in [0.05, 0.1) is 23.2 Å². The molecule has 7 nitrogen and oxygen atoms in total. The highest BCUT2D eigenvalue weighted by molar-refractivity contribution is 6.10. The van der Waals surface area contributed by atoms with Crippen molar-refractivity contribution in [1.29, 1.82) is 0 Å². The smallest absolute Gasteiger partial charge is 0.254 e. The molecule has 3 aromatic rings. The van der Waals surface area contributed by atoms with Gasteiger partial charge in [-0.2, -0.15) is 0 Å². The summed E-state index contributed by atoms with van der Waals surface area (Å²) in [5.41, 5.74) is 1.52. The average molecular weight is 394 g/mol. The zero-order chi connectivity index (χ0) is 20.4. The van der Waals surface area contributed by atoms with Crippen LogP contribution in [0.2, 0.25) is 0 Å². The summed E-state index contributed by atoms with van der Waals surface area (Å²) < 4.78 is 15.3. The fraction of sp³-hybridized carbons (Fsp3) is 0.190. The lowest BCUT2D eigenvalue weighted by molar-refractivity contribution is -0.125. The number of carbonyl (C=O) groups is 3. The Labute approximate surface area is 165 Å². The summed E-state index contributed by atoms with van der Waals surface area (Å²) in [7, 11) is 0. The molecular weight excluding hydrogens is 375 g/mol. The minimum absolute atomic E-state index is 0.174. The Morgan fingerprint density at radius 1 is 1.14 bits per heavy atom. The van der Waals surface area contributed by atoms with Crippen molar-refractivity contribution < 1.29 is 18.8 Å². The molecule has 1 aromatic heterocycles. The van der Waals surface area contributed by atoms with E-state index in [4.69, 9.17) is 0 Å². The van der Waals surface area contributed by atoms with Gasteiger partial charge in [0.2, 0.25) is 11.8 Å². The Morgan fingerprint density at radius 2 is 1.97 bits per heavy atom. The lowest BCUT2D eigenvalue weighted by Crippen LogP contribution is -2.44. The van der Waals surface area contributed by atoms with Crippen LogP contribution in [0, 0.1) is 5.82 Å². The van der Waals surface area contributed by atoms with Gasteiger partial charge in [-0.1, -0.05) is 12.1 Å². The van der Waals surface area contributed by atoms with Crippen molar-refractivity contribution >= 4 is 34.3 Å². The highest BCUT2D eigenvalue weighted by atomic mass is 19.1. The quantitative estimate of drug-likeness (QED) is 0.618. The topological polar surface area (TPSA) is 92.2 Å². The van der Waals surface area contributed by atoms with E-state index >= 15 is 0 Å². The van der Waals surface area contributed by atoms with E-state index in [0.29, 0.717) is 24.3 Å². The number of fused-ring (bicyclic) bond motifs is 2. The second kappa shape index (κ2) is 7.75. The Morgan fingerprint density at radius 3 is 2.83 bits per heavy atom. The number of rotatable bonds is 5. The first-order valence-corrected chi connectivity index (χ1v) is 9.23. The van der Waals surface area contributed by atoms with Gasteiger partial charge in [0.1, 0.15) is 11.9 Å². The summed E-state index contributed by atoms with van der Waals surface area (Å²) in [5, 5.41) is 8.91. The van der Waals surface area contributed by atoms with Crippen LogP contribution in [0.25, 0.3) is 10.9 Å². The Balaban J connectivity index is 1.34. The number of aromatic nitrogens is 1. The summed E-state index contributed by atoms with van der Waals surface area (Å²) in [5.74, 6) is -1.53. The van der Waals surface area contributed by atoms with Crippen molar-refractivity contribution in [2.45, 2.75) is 19.0 Å². The first-order chi connectivity index (χ1) is 14.0. The van der Waals surface area contributed by atoms with Crippen LogP contribution >= 0.6 is 0 Å². The van der Waals surface area contributed by atoms with Crippen molar-refractivity contribution in [2.75, 3.05) is 11.9 Å². The van der Waals surface area contributed by atoms with Gasteiger partial charge in [0.25, 0.3) is 5.91 Å². The molecule has 0 fully saturated rings. The van der Waals surface area contributed by atoms with Gasteiger partial charge in [0.15, 0.2) is 0 Å². The van der Waals surface area contributed by atoms with Crippen LogP contribution in [-0.4, -0.2) is 34.9 Å². The molecule has 29 heavy (non-hydrogen) atoms. The Hall–Kier alpha value is -3.68. The molecule has 2 heterocycles. The fourth-order valence-corrected chi connectivity index (χ4v) is 3.38. The molecule has 0 saturated carbocycles. The largest absolute Gasteiger partial charge is 0.354 e. The monoisotopic (exact) mass is 394 g/mol. The van der Waals surface area contributed by atoms with Crippen molar-refractivity contribution in [1.82, 2.24) is 15.2 Å². The van der Waals surface area contributed by atoms with E-state index in [1.165, 1.54) is 12.1 Å². The number of para-hydroxylation sites is 1. The second-order valence-corrected chi connectivity index (χ2v) is 6.83. The molecule has 1 aliphatic heterocycles. The summed E-state index contributed by atoms with van der Waals surface area (Å²) >= 11 is 0. The zero-order valence-corrected chi connectivity index (χ0v) is 15.4. The number of carbonyl (C=O) groups excluding carboxylic acids is 3. The standard InChI is InChI=1S/C21H19FN4O3/c22-14-6-5-13-7-9-26(18(13)11-14)10-8-23-19(27)12-17-21(29)24-16-4-2-1-3-15(16)20(28)25-17/h1-7,9,11,17H,8,10,12H2,(H,23,27)(H,24,29)(H,25,28)/t17-/m1/s1. The van der Waals surface area contributed by atoms with Crippen LogP contribution in [0.3, 0.4) is 0 Å². The third-order valence-electron chi connectivity index (χ3n) is 4.85. The highest BCUT2D eigenvalue weighted by Gasteiger charge is 2.29. The van der Waals surface area contributed by atoms with Crippen molar-refractivity contribution in [3.05, 3.63) is 66.1 Å². The lowest BCUT2D eigenvalue weighted by Gasteiger charge is -2.14. The third kappa shape index (κ3) is 3.96. The number of halogens is 1. The number of amides is 3. The molecule has 0 bridgehead atoms. The summed E-state index contributed by atoms with van der Waals surface area (Å²) in [4.78, 5) is 36.9. The van der Waals surface area contributed by atoms with Crippen LogP contribution < -0.4 is 16.0 Å². The van der Waals surface area contributed by atoms with Crippen molar-refractivity contribution in [2.24, 2.45) is 0 Å². The van der Waals surface area contributed by atoms with E-state index in [1.807, 2.05) is 16.8 Å². The molecule has 2 aromatic carbocycles. The first kappa shape index (κ1) is 18.7. The maximum absolute atomic E-state index is 13.4. The van der Waals surface area contributed by atoms with E-state index in [9.17, 15) is 18.8 Å². The zero-order valence-electron chi connectivity index (χ0n) is 15.4. The minimum atomic E-state index is -0.962.